The first-order chi connectivity index (χ1) is 9.19. The first-order valence-corrected chi connectivity index (χ1v) is 6.41. The van der Waals surface area contributed by atoms with Gasteiger partial charge in [0.15, 0.2) is 5.82 Å². The molecule has 0 saturated carbocycles. The molecule has 0 N–H and O–H groups in total. The van der Waals surface area contributed by atoms with Gasteiger partial charge in [-0.1, -0.05) is 11.6 Å². The first kappa shape index (κ1) is 13.8. The molecule has 0 aliphatic rings. The zero-order valence-corrected chi connectivity index (χ0v) is 11.7. The summed E-state index contributed by atoms with van der Waals surface area (Å²) >= 11 is 6.00. The minimum atomic E-state index is 0.360. The number of ether oxygens (including phenoxy) is 1. The molecule has 0 atom stereocenters. The van der Waals surface area contributed by atoms with Crippen molar-refractivity contribution >= 4 is 17.4 Å². The molecule has 0 spiro atoms. The number of halogens is 1. The Hall–Kier alpha value is -1.59. The number of anilines is 1. The van der Waals surface area contributed by atoms with E-state index in [0.29, 0.717) is 30.7 Å². The van der Waals surface area contributed by atoms with Crippen LogP contribution in [0.2, 0.25) is 5.15 Å². The van der Waals surface area contributed by atoms with Crippen molar-refractivity contribution in [3.05, 3.63) is 41.2 Å². The maximum atomic E-state index is 6.00. The van der Waals surface area contributed by atoms with E-state index in [-0.39, 0.29) is 0 Å². The molecule has 6 heteroatoms. The second kappa shape index (κ2) is 6.54. The summed E-state index contributed by atoms with van der Waals surface area (Å²) in [6.45, 7) is 3.52. The van der Waals surface area contributed by atoms with E-state index >= 15 is 0 Å². The van der Waals surface area contributed by atoms with Gasteiger partial charge in [-0.2, -0.15) is 0 Å². The van der Waals surface area contributed by atoms with Gasteiger partial charge in [0, 0.05) is 19.7 Å². The Kier molecular flexibility index (Phi) is 4.76. The molecule has 0 saturated heterocycles. The third-order valence-electron chi connectivity index (χ3n) is 2.53. The van der Waals surface area contributed by atoms with E-state index in [1.165, 1.54) is 0 Å². The molecule has 102 valence electrons. The van der Waals surface area contributed by atoms with Crippen molar-refractivity contribution in [3.8, 4) is 0 Å². The number of aromatic nitrogens is 2. The van der Waals surface area contributed by atoms with Crippen molar-refractivity contribution in [1.29, 1.82) is 0 Å². The molecule has 19 heavy (non-hydrogen) atoms. The third-order valence-corrected chi connectivity index (χ3v) is 2.72. The smallest absolute Gasteiger partial charge is 0.158 e. The Labute approximate surface area is 117 Å². The van der Waals surface area contributed by atoms with Crippen molar-refractivity contribution in [2.24, 2.45) is 0 Å². The van der Waals surface area contributed by atoms with Crippen LogP contribution >= 0.6 is 11.6 Å². The monoisotopic (exact) mass is 281 g/mol. The fraction of sp³-hybridized carbons (Fsp3) is 0.385. The molecule has 2 aromatic rings. The van der Waals surface area contributed by atoms with E-state index in [1.54, 1.807) is 12.3 Å². The minimum absolute atomic E-state index is 0.360. The molecule has 0 bridgehead atoms. The van der Waals surface area contributed by atoms with Crippen LogP contribution in [0.25, 0.3) is 0 Å². The van der Waals surface area contributed by atoms with Gasteiger partial charge in [0.1, 0.15) is 23.3 Å². The predicted molar refractivity (Wildman–Crippen MR) is 73.2 cm³/mol. The summed E-state index contributed by atoms with van der Waals surface area (Å²) in [5.41, 5.74) is 0. The van der Waals surface area contributed by atoms with Gasteiger partial charge >= 0.3 is 0 Å². The molecule has 0 radical (unpaired) electrons. The molecule has 0 amide bonds. The summed E-state index contributed by atoms with van der Waals surface area (Å²) in [7, 11) is 1.92. The Bertz CT molecular complexity index is 517. The van der Waals surface area contributed by atoms with Gasteiger partial charge in [0.25, 0.3) is 0 Å². The summed E-state index contributed by atoms with van der Waals surface area (Å²) in [5.74, 6) is 2.19. The van der Waals surface area contributed by atoms with Crippen LogP contribution in [-0.2, 0) is 17.9 Å². The minimum Gasteiger partial charge on any atom is -0.467 e. The Morgan fingerprint density at radius 1 is 1.42 bits per heavy atom. The Morgan fingerprint density at radius 2 is 2.26 bits per heavy atom. The number of furan rings is 1. The Balaban J connectivity index is 2.11. The number of hydrogen-bond acceptors (Lipinski definition) is 5. The van der Waals surface area contributed by atoms with Crippen molar-refractivity contribution in [3.63, 3.8) is 0 Å². The maximum Gasteiger partial charge on any atom is 0.158 e. The van der Waals surface area contributed by atoms with Crippen LogP contribution in [-0.4, -0.2) is 23.6 Å². The number of rotatable bonds is 6. The van der Waals surface area contributed by atoms with E-state index in [2.05, 4.69) is 9.97 Å². The molecular weight excluding hydrogens is 266 g/mol. The molecular formula is C13H16ClN3O2. The summed E-state index contributed by atoms with van der Waals surface area (Å²) in [6.07, 6.45) is 1.65. The molecule has 0 aromatic carbocycles. The molecule has 5 nitrogen and oxygen atoms in total. The van der Waals surface area contributed by atoms with Crippen LogP contribution in [0.15, 0.2) is 28.9 Å². The summed E-state index contributed by atoms with van der Waals surface area (Å²) < 4.78 is 10.6. The fourth-order valence-electron chi connectivity index (χ4n) is 1.62. The number of hydrogen-bond donors (Lipinski definition) is 0. The molecule has 0 aliphatic heterocycles. The summed E-state index contributed by atoms with van der Waals surface area (Å²) in [5, 5.41) is 0.408. The van der Waals surface area contributed by atoms with Gasteiger partial charge in [0.2, 0.25) is 0 Å². The highest BCUT2D eigenvalue weighted by molar-refractivity contribution is 6.29. The molecule has 0 fully saturated rings. The van der Waals surface area contributed by atoms with Gasteiger partial charge in [-0.15, -0.1) is 0 Å². The Morgan fingerprint density at radius 3 is 2.95 bits per heavy atom. The SMILES string of the molecule is CCOCc1nc(Cl)cc(N(C)Cc2ccco2)n1. The van der Waals surface area contributed by atoms with Crippen LogP contribution in [0.5, 0.6) is 0 Å². The van der Waals surface area contributed by atoms with Gasteiger partial charge in [-0.3, -0.25) is 0 Å². The van der Waals surface area contributed by atoms with Gasteiger partial charge < -0.3 is 14.1 Å². The summed E-state index contributed by atoms with van der Waals surface area (Å²) in [6, 6.07) is 5.50. The van der Waals surface area contributed by atoms with E-state index in [1.807, 2.05) is 31.0 Å². The highest BCUT2D eigenvalue weighted by Crippen LogP contribution is 2.17. The van der Waals surface area contributed by atoms with Gasteiger partial charge in [0.05, 0.1) is 12.8 Å². The fourth-order valence-corrected chi connectivity index (χ4v) is 1.82. The second-order valence-electron chi connectivity index (χ2n) is 4.04. The molecule has 0 aliphatic carbocycles. The molecule has 2 rings (SSSR count). The van der Waals surface area contributed by atoms with Crippen LogP contribution in [0.1, 0.15) is 18.5 Å². The highest BCUT2D eigenvalue weighted by atomic mass is 35.5. The lowest BCUT2D eigenvalue weighted by molar-refractivity contribution is 0.128. The van der Waals surface area contributed by atoms with Crippen LogP contribution < -0.4 is 4.90 Å². The molecule has 0 unspecified atom stereocenters. The normalized spacial score (nSPS) is 10.7. The molecule has 2 aromatic heterocycles. The van der Waals surface area contributed by atoms with Crippen LogP contribution in [0.3, 0.4) is 0 Å². The second-order valence-corrected chi connectivity index (χ2v) is 4.42. The van der Waals surface area contributed by atoms with Crippen LogP contribution in [0, 0.1) is 0 Å². The van der Waals surface area contributed by atoms with Gasteiger partial charge in [-0.25, -0.2) is 9.97 Å². The van der Waals surface area contributed by atoms with E-state index in [4.69, 9.17) is 20.8 Å². The quantitative estimate of drug-likeness (QED) is 0.762. The van der Waals surface area contributed by atoms with Gasteiger partial charge in [-0.05, 0) is 19.1 Å². The van der Waals surface area contributed by atoms with Crippen molar-refractivity contribution < 1.29 is 9.15 Å². The first-order valence-electron chi connectivity index (χ1n) is 6.03. The predicted octanol–water partition coefficient (Wildman–Crippen LogP) is 2.90. The molecule has 2 heterocycles. The van der Waals surface area contributed by atoms with Crippen molar-refractivity contribution in [1.82, 2.24) is 9.97 Å². The largest absolute Gasteiger partial charge is 0.467 e. The van der Waals surface area contributed by atoms with Crippen molar-refractivity contribution in [2.45, 2.75) is 20.1 Å². The topological polar surface area (TPSA) is 51.4 Å². The highest BCUT2D eigenvalue weighted by Gasteiger charge is 2.09. The zero-order valence-electron chi connectivity index (χ0n) is 11.0. The third kappa shape index (κ3) is 3.94. The van der Waals surface area contributed by atoms with E-state index in [9.17, 15) is 0 Å². The maximum absolute atomic E-state index is 6.00. The lowest BCUT2D eigenvalue weighted by Gasteiger charge is -2.17. The lowest BCUT2D eigenvalue weighted by atomic mass is 10.4. The zero-order chi connectivity index (χ0) is 13.7. The van der Waals surface area contributed by atoms with E-state index < -0.39 is 0 Å². The average Bonchev–Trinajstić information content (AvgIpc) is 2.88. The van der Waals surface area contributed by atoms with Crippen molar-refractivity contribution in [2.75, 3.05) is 18.6 Å². The number of nitrogens with zero attached hydrogens (tertiary/aromatic N) is 3. The standard InChI is InChI=1S/C13H16ClN3O2/c1-3-18-9-12-15-11(14)7-13(16-12)17(2)8-10-5-4-6-19-10/h4-7H,3,8-9H2,1-2H3. The average molecular weight is 282 g/mol. The van der Waals surface area contributed by atoms with Crippen LogP contribution in [0.4, 0.5) is 5.82 Å². The van der Waals surface area contributed by atoms with E-state index in [0.717, 1.165) is 11.6 Å². The lowest BCUT2D eigenvalue weighted by Crippen LogP contribution is -2.18. The summed E-state index contributed by atoms with van der Waals surface area (Å²) in [4.78, 5) is 10.5.